The molecule has 0 bridgehead atoms. The van der Waals surface area contributed by atoms with E-state index in [4.69, 9.17) is 0 Å². The Bertz CT molecular complexity index is 248. The van der Waals surface area contributed by atoms with Gasteiger partial charge in [-0.2, -0.15) is 0 Å². The topological polar surface area (TPSA) is 89.3 Å². The first kappa shape index (κ1) is 12.2. The molecule has 0 aliphatic carbocycles. The van der Waals surface area contributed by atoms with Crippen molar-refractivity contribution in [2.45, 2.75) is 32.6 Å². The predicted octanol–water partition coefficient (Wildman–Crippen LogP) is 0.565. The molecule has 0 aromatic heterocycles. The van der Waals surface area contributed by atoms with Crippen LogP contribution in [-0.4, -0.2) is 20.2 Å². The molecule has 0 radical (unpaired) electrons. The third kappa shape index (κ3) is 7.58. The number of amides is 2. The molecule has 0 saturated heterocycles. The molecule has 0 saturated carbocycles. The van der Waals surface area contributed by atoms with Gasteiger partial charge in [0.1, 0.15) is 0 Å². The minimum absolute atomic E-state index is 0.0318. The highest BCUT2D eigenvalue weighted by Gasteiger charge is 2.10. The van der Waals surface area contributed by atoms with Gasteiger partial charge in [0.05, 0.1) is 5.75 Å². The minimum atomic E-state index is -3.49. The van der Waals surface area contributed by atoms with Crippen LogP contribution in [0.15, 0.2) is 0 Å². The fourth-order valence-electron chi connectivity index (χ4n) is 0.923. The van der Waals surface area contributed by atoms with Crippen LogP contribution in [-0.2, 0) is 10.0 Å². The smallest absolute Gasteiger partial charge is 0.325 e. The van der Waals surface area contributed by atoms with Crippen LogP contribution in [0.1, 0.15) is 32.6 Å². The second-order valence-electron chi connectivity index (χ2n) is 2.85. The average molecular weight is 208 g/mol. The van der Waals surface area contributed by atoms with Gasteiger partial charge < -0.3 is 5.73 Å². The van der Waals surface area contributed by atoms with Gasteiger partial charge in [0.2, 0.25) is 10.0 Å². The Morgan fingerprint density at radius 1 is 1.31 bits per heavy atom. The van der Waals surface area contributed by atoms with E-state index >= 15 is 0 Å². The molecule has 0 aliphatic heterocycles. The number of nitrogens with two attached hydrogens (primary N) is 1. The molecule has 0 rings (SSSR count). The molecule has 3 N–H and O–H groups in total. The lowest BCUT2D eigenvalue weighted by atomic mass is 10.2. The lowest BCUT2D eigenvalue weighted by Gasteiger charge is -2.02. The Kier molecular flexibility index (Phi) is 5.45. The summed E-state index contributed by atoms with van der Waals surface area (Å²) in [6.45, 7) is 2.04. The number of urea groups is 1. The number of hydrogen-bond acceptors (Lipinski definition) is 3. The molecule has 0 unspecified atom stereocenters. The molecule has 5 nitrogen and oxygen atoms in total. The van der Waals surface area contributed by atoms with Gasteiger partial charge in [-0.3, -0.25) is 0 Å². The quantitative estimate of drug-likeness (QED) is 0.625. The van der Waals surface area contributed by atoms with Crippen LogP contribution < -0.4 is 10.5 Å². The molecule has 2 amide bonds. The maximum Gasteiger partial charge on any atom is 0.325 e. The van der Waals surface area contributed by atoms with E-state index in [9.17, 15) is 13.2 Å². The third-order valence-electron chi connectivity index (χ3n) is 1.52. The SMILES string of the molecule is CCCCCCS(=O)(=O)NC(N)=O. The largest absolute Gasteiger partial charge is 0.351 e. The van der Waals surface area contributed by atoms with Crippen LogP contribution in [0.25, 0.3) is 0 Å². The zero-order valence-corrected chi connectivity index (χ0v) is 8.56. The van der Waals surface area contributed by atoms with E-state index in [1.807, 2.05) is 6.92 Å². The van der Waals surface area contributed by atoms with Crippen molar-refractivity contribution >= 4 is 16.1 Å². The van der Waals surface area contributed by atoms with Gasteiger partial charge in [-0.1, -0.05) is 26.2 Å². The summed E-state index contributed by atoms with van der Waals surface area (Å²) < 4.78 is 23.7. The fraction of sp³-hybridized carbons (Fsp3) is 0.857. The molecule has 6 heteroatoms. The van der Waals surface area contributed by atoms with Crippen molar-refractivity contribution in [1.82, 2.24) is 4.72 Å². The summed E-state index contributed by atoms with van der Waals surface area (Å²) in [5, 5.41) is 0. The van der Waals surface area contributed by atoms with Crippen molar-refractivity contribution < 1.29 is 13.2 Å². The van der Waals surface area contributed by atoms with E-state index in [-0.39, 0.29) is 5.75 Å². The molecule has 0 aromatic carbocycles. The summed E-state index contributed by atoms with van der Waals surface area (Å²) in [6.07, 6.45) is 3.47. The van der Waals surface area contributed by atoms with E-state index in [0.717, 1.165) is 19.3 Å². The molecular formula is C7H16N2O3S. The summed E-state index contributed by atoms with van der Waals surface area (Å²) in [4.78, 5) is 10.2. The fourth-order valence-corrected chi connectivity index (χ4v) is 1.92. The predicted molar refractivity (Wildman–Crippen MR) is 50.6 cm³/mol. The van der Waals surface area contributed by atoms with Gasteiger partial charge >= 0.3 is 6.03 Å². The second kappa shape index (κ2) is 5.80. The summed E-state index contributed by atoms with van der Waals surface area (Å²) >= 11 is 0. The zero-order chi connectivity index (χ0) is 10.3. The molecule has 0 aromatic rings. The number of rotatable bonds is 6. The first-order chi connectivity index (χ1) is 5.98. The number of carbonyl (C=O) groups excluding carboxylic acids is 1. The molecule has 0 aliphatic rings. The second-order valence-corrected chi connectivity index (χ2v) is 4.69. The zero-order valence-electron chi connectivity index (χ0n) is 7.75. The van der Waals surface area contributed by atoms with Crippen molar-refractivity contribution in [2.75, 3.05) is 5.75 Å². The van der Waals surface area contributed by atoms with Crippen LogP contribution in [0.5, 0.6) is 0 Å². The van der Waals surface area contributed by atoms with Crippen molar-refractivity contribution in [2.24, 2.45) is 5.73 Å². The molecule has 13 heavy (non-hydrogen) atoms. The summed E-state index contributed by atoms with van der Waals surface area (Å²) in [6, 6.07) is -1.02. The monoisotopic (exact) mass is 208 g/mol. The summed E-state index contributed by atoms with van der Waals surface area (Å²) in [7, 11) is -3.49. The number of sulfonamides is 1. The highest BCUT2D eigenvalue weighted by Crippen LogP contribution is 2.00. The van der Waals surface area contributed by atoms with Crippen molar-refractivity contribution in [3.05, 3.63) is 0 Å². The number of hydrogen-bond donors (Lipinski definition) is 2. The highest BCUT2D eigenvalue weighted by atomic mass is 32.2. The number of primary amides is 1. The Hall–Kier alpha value is -0.780. The van der Waals surface area contributed by atoms with Crippen LogP contribution in [0, 0.1) is 0 Å². The maximum atomic E-state index is 11.0. The first-order valence-electron chi connectivity index (χ1n) is 4.28. The van der Waals surface area contributed by atoms with Crippen molar-refractivity contribution in [1.29, 1.82) is 0 Å². The third-order valence-corrected chi connectivity index (χ3v) is 2.86. The van der Waals surface area contributed by atoms with Gasteiger partial charge in [0, 0.05) is 0 Å². The first-order valence-corrected chi connectivity index (χ1v) is 5.93. The van der Waals surface area contributed by atoms with Crippen molar-refractivity contribution in [3.8, 4) is 0 Å². The van der Waals surface area contributed by atoms with Crippen LogP contribution in [0.4, 0.5) is 4.79 Å². The normalized spacial score (nSPS) is 11.2. The Labute approximate surface area is 78.7 Å². The Morgan fingerprint density at radius 3 is 2.38 bits per heavy atom. The van der Waals surface area contributed by atoms with E-state index in [1.54, 1.807) is 4.72 Å². The standard InChI is InChI=1S/C7H16N2O3S/c1-2-3-4-5-6-13(11,12)9-7(8)10/h2-6H2,1H3,(H3,8,9,10). The molecule has 0 atom stereocenters. The molecule has 78 valence electrons. The van der Waals surface area contributed by atoms with Gasteiger partial charge in [0.25, 0.3) is 0 Å². The lowest BCUT2D eigenvalue weighted by Crippen LogP contribution is -2.36. The minimum Gasteiger partial charge on any atom is -0.351 e. The van der Waals surface area contributed by atoms with E-state index in [1.165, 1.54) is 0 Å². The maximum absolute atomic E-state index is 11.0. The van der Waals surface area contributed by atoms with Gasteiger partial charge in [-0.25, -0.2) is 17.9 Å². The number of nitrogens with one attached hydrogen (secondary N) is 1. The molecular weight excluding hydrogens is 192 g/mol. The van der Waals surface area contributed by atoms with E-state index in [2.05, 4.69) is 5.73 Å². The van der Waals surface area contributed by atoms with E-state index in [0.29, 0.717) is 6.42 Å². The summed E-state index contributed by atoms with van der Waals surface area (Å²) in [5.41, 5.74) is 4.68. The highest BCUT2D eigenvalue weighted by molar-refractivity contribution is 7.90. The van der Waals surface area contributed by atoms with Crippen LogP contribution >= 0.6 is 0 Å². The Balaban J connectivity index is 3.71. The Morgan fingerprint density at radius 2 is 1.92 bits per heavy atom. The molecule has 0 heterocycles. The molecule has 0 spiro atoms. The molecule has 0 fully saturated rings. The number of carbonyl (C=O) groups is 1. The van der Waals surface area contributed by atoms with E-state index < -0.39 is 16.1 Å². The average Bonchev–Trinajstić information content (AvgIpc) is 1.95. The number of unbranched alkanes of at least 4 members (excludes halogenated alkanes) is 3. The van der Waals surface area contributed by atoms with Crippen LogP contribution in [0.2, 0.25) is 0 Å². The summed E-state index contributed by atoms with van der Waals surface area (Å²) in [5.74, 6) is -0.0318. The van der Waals surface area contributed by atoms with Gasteiger partial charge in [-0.05, 0) is 6.42 Å². The van der Waals surface area contributed by atoms with Crippen molar-refractivity contribution in [3.63, 3.8) is 0 Å². The van der Waals surface area contributed by atoms with Gasteiger partial charge in [-0.15, -0.1) is 0 Å². The van der Waals surface area contributed by atoms with Crippen LogP contribution in [0.3, 0.4) is 0 Å². The van der Waals surface area contributed by atoms with Gasteiger partial charge in [0.15, 0.2) is 0 Å². The lowest BCUT2D eigenvalue weighted by molar-refractivity contribution is 0.253.